The summed E-state index contributed by atoms with van der Waals surface area (Å²) in [4.78, 5) is 0. The lowest BCUT2D eigenvalue weighted by molar-refractivity contribution is 0.268. The van der Waals surface area contributed by atoms with Gasteiger partial charge in [-0.2, -0.15) is 5.10 Å². The first-order valence-electron chi connectivity index (χ1n) is 3.23. The van der Waals surface area contributed by atoms with Gasteiger partial charge in [-0.15, -0.1) is 0 Å². The molecule has 0 aromatic carbocycles. The van der Waals surface area contributed by atoms with Crippen LogP contribution in [-0.2, 0) is 0 Å². The molecule has 2 rings (SSSR count). The third-order valence-corrected chi connectivity index (χ3v) is 1.63. The van der Waals surface area contributed by atoms with E-state index in [2.05, 4.69) is 21.7 Å². The SMILES string of the molecule is C1=NNN2CCCC=C12. The smallest absolute Gasteiger partial charge is 0.0749 e. The molecule has 3 heteroatoms. The molecule has 2 heterocycles. The van der Waals surface area contributed by atoms with Crippen molar-refractivity contribution in [2.75, 3.05) is 6.54 Å². The number of hydrazine groups is 1. The summed E-state index contributed by atoms with van der Waals surface area (Å²) >= 11 is 0. The summed E-state index contributed by atoms with van der Waals surface area (Å²) in [6.07, 6.45) is 6.49. The Morgan fingerprint density at radius 2 is 2.67 bits per heavy atom. The average molecular weight is 123 g/mol. The summed E-state index contributed by atoms with van der Waals surface area (Å²) < 4.78 is 0. The van der Waals surface area contributed by atoms with E-state index in [4.69, 9.17) is 0 Å². The van der Waals surface area contributed by atoms with Gasteiger partial charge in [0, 0.05) is 6.54 Å². The molecule has 0 aromatic heterocycles. The van der Waals surface area contributed by atoms with Crippen molar-refractivity contribution >= 4 is 6.21 Å². The second-order valence-corrected chi connectivity index (χ2v) is 2.28. The summed E-state index contributed by atoms with van der Waals surface area (Å²) in [5, 5.41) is 5.97. The van der Waals surface area contributed by atoms with Crippen molar-refractivity contribution in [3.63, 3.8) is 0 Å². The molecule has 2 aliphatic rings. The maximum absolute atomic E-state index is 3.91. The predicted molar refractivity (Wildman–Crippen MR) is 35.7 cm³/mol. The van der Waals surface area contributed by atoms with Crippen LogP contribution in [0.15, 0.2) is 16.9 Å². The number of allylic oxidation sites excluding steroid dienone is 2. The fourth-order valence-corrected chi connectivity index (χ4v) is 1.13. The van der Waals surface area contributed by atoms with Crippen molar-refractivity contribution in [3.05, 3.63) is 11.8 Å². The molecule has 0 saturated carbocycles. The molecule has 48 valence electrons. The van der Waals surface area contributed by atoms with Crippen LogP contribution < -0.4 is 5.53 Å². The van der Waals surface area contributed by atoms with Gasteiger partial charge in [0.05, 0.1) is 11.9 Å². The van der Waals surface area contributed by atoms with E-state index in [1.807, 2.05) is 6.21 Å². The van der Waals surface area contributed by atoms with Gasteiger partial charge >= 0.3 is 0 Å². The highest BCUT2D eigenvalue weighted by molar-refractivity contribution is 5.79. The summed E-state index contributed by atoms with van der Waals surface area (Å²) in [5.74, 6) is 0. The number of hydrogen-bond acceptors (Lipinski definition) is 3. The van der Waals surface area contributed by atoms with Gasteiger partial charge in [-0.25, -0.2) is 5.53 Å². The first-order chi connectivity index (χ1) is 4.47. The third-order valence-electron chi connectivity index (χ3n) is 1.63. The van der Waals surface area contributed by atoms with Crippen molar-refractivity contribution < 1.29 is 0 Å². The Morgan fingerprint density at radius 1 is 1.67 bits per heavy atom. The summed E-state index contributed by atoms with van der Waals surface area (Å²) in [5.41, 5.74) is 4.12. The molecule has 2 aliphatic heterocycles. The lowest BCUT2D eigenvalue weighted by Crippen LogP contribution is -2.31. The van der Waals surface area contributed by atoms with Crippen LogP contribution in [0.5, 0.6) is 0 Å². The number of hydrogen-bond donors (Lipinski definition) is 1. The number of hydrazone groups is 1. The van der Waals surface area contributed by atoms with Crippen molar-refractivity contribution in [1.29, 1.82) is 0 Å². The molecule has 9 heavy (non-hydrogen) atoms. The van der Waals surface area contributed by atoms with Crippen LogP contribution in [0.25, 0.3) is 0 Å². The van der Waals surface area contributed by atoms with Gasteiger partial charge in [-0.3, -0.25) is 5.01 Å². The van der Waals surface area contributed by atoms with Crippen LogP contribution in [-0.4, -0.2) is 17.8 Å². The van der Waals surface area contributed by atoms with Crippen LogP contribution in [0.2, 0.25) is 0 Å². The van der Waals surface area contributed by atoms with E-state index in [9.17, 15) is 0 Å². The molecular weight excluding hydrogens is 114 g/mol. The highest BCUT2D eigenvalue weighted by Gasteiger charge is 2.13. The van der Waals surface area contributed by atoms with Crippen LogP contribution >= 0.6 is 0 Å². The molecule has 0 saturated heterocycles. The van der Waals surface area contributed by atoms with Gasteiger partial charge in [0.25, 0.3) is 0 Å². The molecular formula is C6H9N3. The number of nitrogens with zero attached hydrogens (tertiary/aromatic N) is 2. The third kappa shape index (κ3) is 0.686. The Kier molecular flexibility index (Phi) is 0.946. The van der Waals surface area contributed by atoms with E-state index in [1.54, 1.807) is 0 Å². The molecule has 0 amide bonds. The molecule has 0 atom stereocenters. The minimum Gasteiger partial charge on any atom is -0.271 e. The highest BCUT2D eigenvalue weighted by atomic mass is 15.7. The van der Waals surface area contributed by atoms with Crippen molar-refractivity contribution in [1.82, 2.24) is 10.5 Å². The monoisotopic (exact) mass is 123 g/mol. The molecule has 0 unspecified atom stereocenters. The fraction of sp³-hybridized carbons (Fsp3) is 0.500. The first-order valence-corrected chi connectivity index (χ1v) is 3.23. The lowest BCUT2D eigenvalue weighted by atomic mass is 10.2. The van der Waals surface area contributed by atoms with E-state index >= 15 is 0 Å². The fourth-order valence-electron chi connectivity index (χ4n) is 1.13. The first kappa shape index (κ1) is 4.85. The van der Waals surface area contributed by atoms with Crippen LogP contribution in [0, 0.1) is 0 Å². The van der Waals surface area contributed by atoms with Crippen molar-refractivity contribution in [3.8, 4) is 0 Å². The zero-order chi connectivity index (χ0) is 6.10. The van der Waals surface area contributed by atoms with Gasteiger partial charge in [0.1, 0.15) is 0 Å². The number of rotatable bonds is 0. The maximum atomic E-state index is 3.91. The van der Waals surface area contributed by atoms with Gasteiger partial charge in [-0.05, 0) is 12.8 Å². The summed E-state index contributed by atoms with van der Waals surface area (Å²) in [6, 6.07) is 0. The van der Waals surface area contributed by atoms with Gasteiger partial charge in [0.2, 0.25) is 0 Å². The topological polar surface area (TPSA) is 27.6 Å². The van der Waals surface area contributed by atoms with E-state index in [0.717, 1.165) is 6.54 Å². The second-order valence-electron chi connectivity index (χ2n) is 2.28. The molecule has 1 N–H and O–H groups in total. The van der Waals surface area contributed by atoms with Crippen LogP contribution in [0.4, 0.5) is 0 Å². The van der Waals surface area contributed by atoms with Gasteiger partial charge in [-0.1, -0.05) is 6.08 Å². The Morgan fingerprint density at radius 3 is 3.56 bits per heavy atom. The molecule has 0 spiro atoms. The van der Waals surface area contributed by atoms with Crippen molar-refractivity contribution in [2.24, 2.45) is 5.10 Å². The quantitative estimate of drug-likeness (QED) is 0.507. The Labute approximate surface area is 54.0 Å². The Hall–Kier alpha value is -0.990. The molecule has 0 fully saturated rings. The standard InChI is InChI=1S/C6H9N3/c1-2-4-9-6(3-1)5-7-8-9/h3,5,8H,1-2,4H2. The largest absolute Gasteiger partial charge is 0.271 e. The van der Waals surface area contributed by atoms with E-state index in [1.165, 1.54) is 18.5 Å². The predicted octanol–water partition coefficient (Wildman–Crippen LogP) is 0.470. The summed E-state index contributed by atoms with van der Waals surface area (Å²) in [7, 11) is 0. The van der Waals surface area contributed by atoms with Crippen LogP contribution in [0.1, 0.15) is 12.8 Å². The molecule has 0 aromatic rings. The molecule has 0 radical (unpaired) electrons. The average Bonchev–Trinajstić information content (AvgIpc) is 2.33. The molecule has 0 aliphatic carbocycles. The Balaban J connectivity index is 2.23. The Bertz CT molecular complexity index is 171. The highest BCUT2D eigenvalue weighted by Crippen LogP contribution is 2.12. The normalized spacial score (nSPS) is 23.1. The van der Waals surface area contributed by atoms with Gasteiger partial charge in [0.15, 0.2) is 0 Å². The minimum absolute atomic E-state index is 1.09. The van der Waals surface area contributed by atoms with Crippen LogP contribution in [0.3, 0.4) is 0 Å². The van der Waals surface area contributed by atoms with E-state index in [0.29, 0.717) is 0 Å². The molecule has 3 nitrogen and oxygen atoms in total. The lowest BCUT2D eigenvalue weighted by Gasteiger charge is -2.21. The van der Waals surface area contributed by atoms with E-state index in [-0.39, 0.29) is 0 Å². The van der Waals surface area contributed by atoms with Gasteiger partial charge < -0.3 is 0 Å². The summed E-state index contributed by atoms with van der Waals surface area (Å²) in [6.45, 7) is 1.09. The zero-order valence-corrected chi connectivity index (χ0v) is 5.17. The maximum Gasteiger partial charge on any atom is 0.0749 e. The van der Waals surface area contributed by atoms with Crippen molar-refractivity contribution in [2.45, 2.75) is 12.8 Å². The second kappa shape index (κ2) is 1.76. The molecule has 0 bridgehead atoms. The minimum atomic E-state index is 1.09. The van der Waals surface area contributed by atoms with E-state index < -0.39 is 0 Å². The number of fused-ring (bicyclic) bond motifs is 1. The number of nitrogens with one attached hydrogen (secondary N) is 1. The zero-order valence-electron chi connectivity index (χ0n) is 5.17.